The Balaban J connectivity index is 1.66. The highest BCUT2D eigenvalue weighted by molar-refractivity contribution is 7.17. The van der Waals surface area contributed by atoms with Gasteiger partial charge in [0.15, 0.2) is 0 Å². The summed E-state index contributed by atoms with van der Waals surface area (Å²) in [6.07, 6.45) is 2.09. The summed E-state index contributed by atoms with van der Waals surface area (Å²) in [5, 5.41) is 12.0. The van der Waals surface area contributed by atoms with Crippen molar-refractivity contribution < 1.29 is 9.90 Å². The molecule has 1 saturated heterocycles. The fourth-order valence-electron chi connectivity index (χ4n) is 2.57. The second kappa shape index (κ2) is 5.76. The second-order valence-electron chi connectivity index (χ2n) is 4.94. The molecule has 6 heteroatoms. The minimum absolute atomic E-state index is 0.221. The molecule has 1 fully saturated rings. The van der Waals surface area contributed by atoms with E-state index in [0.29, 0.717) is 6.54 Å². The summed E-state index contributed by atoms with van der Waals surface area (Å²) in [5.41, 5.74) is 0. The average molecular weight is 291 g/mol. The molecule has 3 heterocycles. The molecule has 0 atom stereocenters. The van der Waals surface area contributed by atoms with Gasteiger partial charge in [0.05, 0.1) is 6.42 Å². The normalized spacial score (nSPS) is 16.7. The van der Waals surface area contributed by atoms with Crippen LogP contribution in [-0.4, -0.2) is 53.7 Å². The first-order valence-corrected chi connectivity index (χ1v) is 7.63. The summed E-state index contributed by atoms with van der Waals surface area (Å²) in [6, 6.07) is 4.17. The van der Waals surface area contributed by atoms with Crippen LogP contribution < -0.4 is 4.90 Å². The van der Waals surface area contributed by atoms with Gasteiger partial charge in [0.1, 0.15) is 5.82 Å². The molecule has 5 nitrogen and oxygen atoms in total. The molecule has 0 radical (unpaired) electrons. The van der Waals surface area contributed by atoms with E-state index in [2.05, 4.69) is 26.2 Å². The minimum Gasteiger partial charge on any atom is -0.481 e. The Morgan fingerprint density at radius 3 is 2.85 bits per heavy atom. The Kier molecular flexibility index (Phi) is 3.84. The van der Waals surface area contributed by atoms with Crippen molar-refractivity contribution in [3.8, 4) is 0 Å². The Hall–Kier alpha value is -1.66. The van der Waals surface area contributed by atoms with Gasteiger partial charge in [0, 0.05) is 49.0 Å². The predicted octanol–water partition coefficient (Wildman–Crippen LogP) is 1.89. The van der Waals surface area contributed by atoms with E-state index in [1.54, 1.807) is 11.3 Å². The van der Waals surface area contributed by atoms with Crippen LogP contribution in [0.3, 0.4) is 0 Å². The molecule has 1 N–H and O–H groups in total. The number of carboxylic acid groups (broad SMARTS) is 1. The molecule has 1 aliphatic rings. The van der Waals surface area contributed by atoms with Gasteiger partial charge in [-0.05, 0) is 17.5 Å². The van der Waals surface area contributed by atoms with Gasteiger partial charge in [0.2, 0.25) is 0 Å². The number of hydrogen-bond acceptors (Lipinski definition) is 5. The molecule has 0 unspecified atom stereocenters. The Morgan fingerprint density at radius 1 is 1.30 bits per heavy atom. The van der Waals surface area contributed by atoms with Crippen molar-refractivity contribution in [3.63, 3.8) is 0 Å². The number of pyridine rings is 1. The van der Waals surface area contributed by atoms with Crippen molar-refractivity contribution in [3.05, 3.63) is 23.7 Å². The number of nitrogens with zero attached hydrogens (tertiary/aromatic N) is 3. The maximum Gasteiger partial charge on any atom is 0.304 e. The number of carboxylic acids is 1. The van der Waals surface area contributed by atoms with Gasteiger partial charge in [-0.15, -0.1) is 11.3 Å². The average Bonchev–Trinajstić information content (AvgIpc) is 2.94. The standard InChI is InChI=1S/C14H17N3O2S/c18-13(19)2-5-16-6-8-17(9-7-16)14-11-3-10-20-12(11)1-4-15-14/h1,3-4,10H,2,5-9H2,(H,18,19). The highest BCUT2D eigenvalue weighted by Crippen LogP contribution is 2.28. The lowest BCUT2D eigenvalue weighted by atomic mass is 10.2. The van der Waals surface area contributed by atoms with Crippen LogP contribution in [0.15, 0.2) is 23.7 Å². The molecule has 0 aliphatic carbocycles. The summed E-state index contributed by atoms with van der Waals surface area (Å²) in [6.45, 7) is 4.24. The van der Waals surface area contributed by atoms with Gasteiger partial charge in [-0.2, -0.15) is 0 Å². The quantitative estimate of drug-likeness (QED) is 0.932. The Morgan fingerprint density at radius 2 is 2.10 bits per heavy atom. The molecule has 1 aliphatic heterocycles. The smallest absolute Gasteiger partial charge is 0.304 e. The van der Waals surface area contributed by atoms with E-state index in [4.69, 9.17) is 5.11 Å². The largest absolute Gasteiger partial charge is 0.481 e. The fraction of sp³-hybridized carbons (Fsp3) is 0.429. The Bertz CT molecular complexity index is 605. The van der Waals surface area contributed by atoms with Crippen LogP contribution in [0.2, 0.25) is 0 Å². The number of thiophene rings is 1. The first-order chi connectivity index (χ1) is 9.74. The number of rotatable bonds is 4. The fourth-order valence-corrected chi connectivity index (χ4v) is 3.35. The summed E-state index contributed by atoms with van der Waals surface area (Å²) in [4.78, 5) is 19.6. The molecule has 2 aromatic rings. The molecule has 0 saturated carbocycles. The highest BCUT2D eigenvalue weighted by atomic mass is 32.1. The van der Waals surface area contributed by atoms with Crippen molar-refractivity contribution in [1.29, 1.82) is 0 Å². The summed E-state index contributed by atoms with van der Waals surface area (Å²) < 4.78 is 1.27. The molecular formula is C14H17N3O2S. The third kappa shape index (κ3) is 2.76. The van der Waals surface area contributed by atoms with E-state index in [9.17, 15) is 4.79 Å². The number of hydrogen-bond donors (Lipinski definition) is 1. The first-order valence-electron chi connectivity index (χ1n) is 6.75. The zero-order valence-electron chi connectivity index (χ0n) is 11.2. The number of anilines is 1. The van der Waals surface area contributed by atoms with E-state index >= 15 is 0 Å². The molecule has 20 heavy (non-hydrogen) atoms. The van der Waals surface area contributed by atoms with Crippen molar-refractivity contribution in [2.45, 2.75) is 6.42 Å². The van der Waals surface area contributed by atoms with Gasteiger partial charge in [-0.3, -0.25) is 9.69 Å². The van der Waals surface area contributed by atoms with Crippen molar-refractivity contribution >= 4 is 33.2 Å². The molecule has 2 aromatic heterocycles. The second-order valence-corrected chi connectivity index (χ2v) is 5.89. The third-order valence-corrected chi connectivity index (χ3v) is 4.55. The SMILES string of the molecule is O=C(O)CCN1CCN(c2nccc3sccc23)CC1. The van der Waals surface area contributed by atoms with E-state index in [0.717, 1.165) is 32.0 Å². The maximum absolute atomic E-state index is 10.6. The van der Waals surface area contributed by atoms with E-state index in [-0.39, 0.29) is 6.42 Å². The predicted molar refractivity (Wildman–Crippen MR) is 80.5 cm³/mol. The van der Waals surface area contributed by atoms with Crippen LogP contribution in [0.25, 0.3) is 10.1 Å². The monoisotopic (exact) mass is 291 g/mol. The van der Waals surface area contributed by atoms with Crippen molar-refractivity contribution in [2.24, 2.45) is 0 Å². The van der Waals surface area contributed by atoms with Crippen molar-refractivity contribution in [2.75, 3.05) is 37.6 Å². The van der Waals surface area contributed by atoms with Gasteiger partial charge in [0.25, 0.3) is 0 Å². The molecular weight excluding hydrogens is 274 g/mol. The lowest BCUT2D eigenvalue weighted by molar-refractivity contribution is -0.137. The van der Waals surface area contributed by atoms with Gasteiger partial charge >= 0.3 is 5.97 Å². The number of carbonyl (C=O) groups is 1. The molecule has 0 bridgehead atoms. The minimum atomic E-state index is -0.725. The maximum atomic E-state index is 10.6. The zero-order chi connectivity index (χ0) is 13.9. The molecule has 3 rings (SSSR count). The van der Waals surface area contributed by atoms with Gasteiger partial charge in [-0.1, -0.05) is 0 Å². The van der Waals surface area contributed by atoms with Crippen LogP contribution in [0.4, 0.5) is 5.82 Å². The van der Waals surface area contributed by atoms with E-state index in [1.807, 2.05) is 12.3 Å². The van der Waals surface area contributed by atoms with Crippen LogP contribution in [0.5, 0.6) is 0 Å². The van der Waals surface area contributed by atoms with Gasteiger partial charge < -0.3 is 10.0 Å². The highest BCUT2D eigenvalue weighted by Gasteiger charge is 2.20. The number of aliphatic carboxylic acids is 1. The zero-order valence-corrected chi connectivity index (χ0v) is 12.0. The molecule has 0 aromatic carbocycles. The third-order valence-electron chi connectivity index (χ3n) is 3.67. The van der Waals surface area contributed by atoms with E-state index < -0.39 is 5.97 Å². The number of fused-ring (bicyclic) bond motifs is 1. The first kappa shape index (κ1) is 13.3. The summed E-state index contributed by atoms with van der Waals surface area (Å²) >= 11 is 1.74. The molecule has 0 amide bonds. The summed E-state index contributed by atoms with van der Waals surface area (Å²) in [5.74, 6) is 0.332. The van der Waals surface area contributed by atoms with Crippen LogP contribution in [0, 0.1) is 0 Å². The number of piperazine rings is 1. The van der Waals surface area contributed by atoms with Crippen LogP contribution in [-0.2, 0) is 4.79 Å². The van der Waals surface area contributed by atoms with Crippen LogP contribution in [0.1, 0.15) is 6.42 Å². The summed E-state index contributed by atoms with van der Waals surface area (Å²) in [7, 11) is 0. The van der Waals surface area contributed by atoms with Crippen LogP contribution >= 0.6 is 11.3 Å². The number of aromatic nitrogens is 1. The molecule has 0 spiro atoms. The van der Waals surface area contributed by atoms with E-state index in [1.165, 1.54) is 10.1 Å². The van der Waals surface area contributed by atoms with Gasteiger partial charge in [-0.25, -0.2) is 4.98 Å². The molecule has 106 valence electrons. The lowest BCUT2D eigenvalue weighted by Crippen LogP contribution is -2.47. The lowest BCUT2D eigenvalue weighted by Gasteiger charge is -2.35. The Labute approximate surface area is 121 Å². The van der Waals surface area contributed by atoms with Crippen molar-refractivity contribution in [1.82, 2.24) is 9.88 Å². The topological polar surface area (TPSA) is 56.7 Å².